The Morgan fingerprint density at radius 3 is 2.25 bits per heavy atom. The van der Waals surface area contributed by atoms with Crippen molar-refractivity contribution in [2.45, 2.75) is 90.9 Å². The van der Waals surface area contributed by atoms with Crippen LogP contribution >= 0.6 is 0 Å². The Morgan fingerprint density at radius 2 is 1.49 bits per heavy atom. The zero-order valence-corrected chi connectivity index (χ0v) is 31.5. The molecule has 0 bridgehead atoms. The van der Waals surface area contributed by atoms with Gasteiger partial charge in [-0.2, -0.15) is 5.26 Å². The highest BCUT2D eigenvalue weighted by atomic mass is 17.1. The first-order valence-electron chi connectivity index (χ1n) is 18.7. The smallest absolute Gasteiger partial charge is 0.372 e. The van der Waals surface area contributed by atoms with E-state index in [2.05, 4.69) is 24.8 Å². The molecule has 11 nitrogen and oxygen atoms in total. The summed E-state index contributed by atoms with van der Waals surface area (Å²) in [7, 11) is 0. The fourth-order valence-electron chi connectivity index (χ4n) is 6.22. The minimum absolute atomic E-state index is 0.234. The first-order valence-corrected chi connectivity index (χ1v) is 18.7. The summed E-state index contributed by atoms with van der Waals surface area (Å²) < 4.78 is 33.8. The molecule has 0 fully saturated rings. The molecule has 1 aliphatic heterocycles. The Morgan fingerprint density at radius 1 is 0.755 bits per heavy atom. The van der Waals surface area contributed by atoms with Crippen molar-refractivity contribution >= 4 is 17.9 Å². The fraction of sp³-hybridized carbons (Fsp3) is 0.500. The third-order valence-electron chi connectivity index (χ3n) is 9.06. The molecular formula is C42H54O11. The first kappa shape index (κ1) is 41.2. The van der Waals surface area contributed by atoms with Gasteiger partial charge in [0.05, 0.1) is 32.0 Å². The van der Waals surface area contributed by atoms with Crippen LogP contribution < -0.4 is 14.2 Å². The van der Waals surface area contributed by atoms with Gasteiger partial charge in [0.1, 0.15) is 19.0 Å². The van der Waals surface area contributed by atoms with Crippen molar-refractivity contribution in [1.82, 2.24) is 0 Å². The average molecular weight is 735 g/mol. The number of hydrogen-bond acceptors (Lipinski definition) is 11. The molecule has 0 spiro atoms. The van der Waals surface area contributed by atoms with Crippen LogP contribution in [0.3, 0.4) is 0 Å². The van der Waals surface area contributed by atoms with Gasteiger partial charge >= 0.3 is 17.9 Å². The van der Waals surface area contributed by atoms with Crippen LogP contribution in [0.25, 0.3) is 11.1 Å². The van der Waals surface area contributed by atoms with Crippen LogP contribution in [0.15, 0.2) is 54.6 Å². The van der Waals surface area contributed by atoms with E-state index in [0.717, 1.165) is 65.7 Å². The van der Waals surface area contributed by atoms with Gasteiger partial charge in [0, 0.05) is 24.9 Å². The van der Waals surface area contributed by atoms with E-state index in [0.29, 0.717) is 77.0 Å². The van der Waals surface area contributed by atoms with Crippen LogP contribution in [0.4, 0.5) is 0 Å². The number of ether oxygens (including phenoxy) is 6. The Kier molecular flexibility index (Phi) is 16.4. The van der Waals surface area contributed by atoms with Gasteiger partial charge in [-0.3, -0.25) is 14.5 Å². The molecule has 0 aliphatic carbocycles. The lowest BCUT2D eigenvalue weighted by molar-refractivity contribution is -0.182. The summed E-state index contributed by atoms with van der Waals surface area (Å²) in [6.45, 7) is 10.8. The number of aryl methyl sites for hydroxylation is 1. The summed E-state index contributed by atoms with van der Waals surface area (Å²) in [6, 6.07) is 17.1. The minimum atomic E-state index is -0.834. The van der Waals surface area contributed by atoms with E-state index in [1.807, 2.05) is 36.4 Å². The average Bonchev–Trinajstić information content (AvgIpc) is 3.16. The van der Waals surface area contributed by atoms with Gasteiger partial charge in [-0.1, -0.05) is 51.0 Å². The second-order valence-electron chi connectivity index (χ2n) is 13.6. The minimum Gasteiger partial charge on any atom is -0.493 e. The highest BCUT2D eigenvalue weighted by Gasteiger charge is 2.25. The van der Waals surface area contributed by atoms with Gasteiger partial charge in [0.2, 0.25) is 0 Å². The van der Waals surface area contributed by atoms with Crippen molar-refractivity contribution in [2.24, 2.45) is 0 Å². The van der Waals surface area contributed by atoms with Crippen molar-refractivity contribution in [3.8, 4) is 28.4 Å². The number of carbonyl (C=O) groups is 3. The van der Waals surface area contributed by atoms with E-state index in [1.165, 1.54) is 0 Å². The van der Waals surface area contributed by atoms with E-state index in [9.17, 15) is 14.4 Å². The molecule has 53 heavy (non-hydrogen) atoms. The second kappa shape index (κ2) is 21.2. The molecule has 0 atom stereocenters. The predicted molar refractivity (Wildman–Crippen MR) is 200 cm³/mol. The van der Waals surface area contributed by atoms with E-state index < -0.39 is 11.4 Å². The molecule has 0 saturated heterocycles. The topological polar surface area (TPSA) is 136 Å². The molecule has 0 radical (unpaired) electrons. The zero-order valence-electron chi connectivity index (χ0n) is 31.5. The van der Waals surface area contributed by atoms with Crippen LogP contribution in [0.1, 0.15) is 99.7 Å². The molecule has 0 saturated carbocycles. The summed E-state index contributed by atoms with van der Waals surface area (Å²) in [5.41, 5.74) is 4.45. The first-order chi connectivity index (χ1) is 25.6. The number of esters is 2. The fourth-order valence-corrected chi connectivity index (χ4v) is 6.22. The summed E-state index contributed by atoms with van der Waals surface area (Å²) in [4.78, 5) is 40.4. The molecule has 288 valence electrons. The van der Waals surface area contributed by atoms with Crippen molar-refractivity contribution in [2.75, 3.05) is 46.2 Å². The molecule has 0 aromatic heterocycles. The number of carbonyl (C=O) groups excluding carboxylic acids is 3. The van der Waals surface area contributed by atoms with E-state index in [4.69, 9.17) is 33.7 Å². The van der Waals surface area contributed by atoms with Crippen molar-refractivity contribution in [3.05, 3.63) is 76.9 Å². The van der Waals surface area contributed by atoms with Crippen molar-refractivity contribution < 1.29 is 52.9 Å². The third kappa shape index (κ3) is 12.8. The highest BCUT2D eigenvalue weighted by Crippen LogP contribution is 2.37. The van der Waals surface area contributed by atoms with Crippen LogP contribution in [0, 0.1) is 0 Å². The Bertz CT molecular complexity index is 1650. The van der Waals surface area contributed by atoms with Crippen molar-refractivity contribution in [3.63, 3.8) is 0 Å². The SMILES string of the molecule is CCOC(=O)CCCOc1cccc(CCCCCCOCC(C)(C)c2cc(C(=O)OO)cc(-c3ccc4c(c3)OCCO4)c2)c1CCC(=O)OCC. The van der Waals surface area contributed by atoms with E-state index in [1.54, 1.807) is 26.0 Å². The molecule has 1 N–H and O–H groups in total. The van der Waals surface area contributed by atoms with E-state index in [-0.39, 0.29) is 23.9 Å². The van der Waals surface area contributed by atoms with Crippen LogP contribution in [0.5, 0.6) is 17.2 Å². The second-order valence-corrected chi connectivity index (χ2v) is 13.6. The summed E-state index contributed by atoms with van der Waals surface area (Å²) in [5, 5.41) is 9.14. The molecule has 4 rings (SSSR count). The molecule has 1 heterocycles. The molecular weight excluding hydrogens is 680 g/mol. The molecule has 0 amide bonds. The molecule has 11 heteroatoms. The normalized spacial score (nSPS) is 12.2. The van der Waals surface area contributed by atoms with Gasteiger partial charge < -0.3 is 28.4 Å². The summed E-state index contributed by atoms with van der Waals surface area (Å²) in [5.74, 6) is 0.753. The Labute approximate surface area is 312 Å². The summed E-state index contributed by atoms with van der Waals surface area (Å²) >= 11 is 0. The Hall–Kier alpha value is -4.61. The largest absolute Gasteiger partial charge is 0.493 e. The lowest BCUT2D eigenvalue weighted by Crippen LogP contribution is -2.25. The van der Waals surface area contributed by atoms with Crippen LogP contribution in [-0.2, 0) is 46.9 Å². The Balaban J connectivity index is 1.28. The molecule has 3 aromatic rings. The van der Waals surface area contributed by atoms with Crippen molar-refractivity contribution in [1.29, 1.82) is 0 Å². The number of fused-ring (bicyclic) bond motifs is 1. The maximum Gasteiger partial charge on any atom is 0.372 e. The predicted octanol–water partition coefficient (Wildman–Crippen LogP) is 8.07. The van der Waals surface area contributed by atoms with Crippen LogP contribution in [0.2, 0.25) is 0 Å². The van der Waals surface area contributed by atoms with Gasteiger partial charge in [-0.25, -0.2) is 4.79 Å². The van der Waals surface area contributed by atoms with Gasteiger partial charge in [-0.05, 0) is 104 Å². The van der Waals surface area contributed by atoms with Gasteiger partial charge in [-0.15, -0.1) is 0 Å². The number of hydrogen-bond donors (Lipinski definition) is 1. The lowest BCUT2D eigenvalue weighted by Gasteiger charge is -2.26. The number of benzene rings is 3. The molecule has 1 aliphatic rings. The van der Waals surface area contributed by atoms with Crippen LogP contribution in [-0.4, -0.2) is 69.4 Å². The number of rotatable bonds is 22. The van der Waals surface area contributed by atoms with Gasteiger partial charge in [0.15, 0.2) is 11.5 Å². The number of unbranched alkanes of at least 4 members (excludes halogenated alkanes) is 3. The molecule has 3 aromatic carbocycles. The monoisotopic (exact) mass is 734 g/mol. The molecule has 0 unspecified atom stereocenters. The van der Waals surface area contributed by atoms with Gasteiger partial charge in [0.25, 0.3) is 0 Å². The quantitative estimate of drug-likeness (QED) is 0.0353. The summed E-state index contributed by atoms with van der Waals surface area (Å²) in [6.07, 6.45) is 6.37. The van der Waals surface area contributed by atoms with E-state index >= 15 is 0 Å². The maximum atomic E-state index is 12.4. The zero-order chi connectivity index (χ0) is 38.1. The third-order valence-corrected chi connectivity index (χ3v) is 9.06. The lowest BCUT2D eigenvalue weighted by atomic mass is 9.83. The highest BCUT2D eigenvalue weighted by molar-refractivity contribution is 5.91. The maximum absolute atomic E-state index is 12.4. The standard InChI is InChI=1S/C42H54O11/c1-5-48-39(43)16-12-22-50-36-15-11-14-30(35(36)18-20-40(44)49-6-2)13-9-7-8-10-21-47-29-42(3,4)34-26-32(25-33(27-34)41(45)53-46)31-17-19-37-38(28-31)52-24-23-51-37/h11,14-15,17,19,25-28,46H,5-10,12-13,16,18,20-24,29H2,1-4H3.